The summed E-state index contributed by atoms with van der Waals surface area (Å²) in [5, 5.41) is 0. The molecule has 0 saturated heterocycles. The lowest BCUT2D eigenvalue weighted by atomic mass is 10.1. The van der Waals surface area contributed by atoms with E-state index < -0.39 is 18.0 Å². The zero-order valence-corrected chi connectivity index (χ0v) is 12.5. The minimum atomic E-state index is -4.86. The quantitative estimate of drug-likeness (QED) is 0.859. The largest absolute Gasteiger partial charge is 0.573 e. The first-order chi connectivity index (χ1) is 10.8. The van der Waals surface area contributed by atoms with Crippen molar-refractivity contribution in [2.45, 2.75) is 19.3 Å². The van der Waals surface area contributed by atoms with Gasteiger partial charge in [-0.05, 0) is 30.7 Å². The third-order valence-corrected chi connectivity index (χ3v) is 3.41. The van der Waals surface area contributed by atoms with Crippen molar-refractivity contribution in [2.75, 3.05) is 7.05 Å². The van der Waals surface area contributed by atoms with Crippen LogP contribution in [0.5, 0.6) is 5.75 Å². The van der Waals surface area contributed by atoms with Crippen molar-refractivity contribution in [1.29, 1.82) is 0 Å². The van der Waals surface area contributed by atoms with Gasteiger partial charge in [0.1, 0.15) is 5.75 Å². The van der Waals surface area contributed by atoms with Gasteiger partial charge in [-0.25, -0.2) is 0 Å². The number of rotatable bonds is 4. The van der Waals surface area contributed by atoms with Gasteiger partial charge in [-0.1, -0.05) is 18.2 Å². The van der Waals surface area contributed by atoms with Crippen molar-refractivity contribution in [3.63, 3.8) is 0 Å². The molecule has 7 heteroatoms. The number of para-hydroxylation sites is 1. The van der Waals surface area contributed by atoms with Crippen molar-refractivity contribution in [3.8, 4) is 5.75 Å². The standard InChI is InChI=1S/C16H15F3N2O2/c1-11(12-6-5-9-20-10-12)21(2)15(22)13-7-3-4-8-14(13)23-16(17,18)19/h3-11H,1-2H3/t11-/m1/s1. The highest BCUT2D eigenvalue weighted by molar-refractivity contribution is 5.97. The molecule has 2 aromatic rings. The molecule has 1 heterocycles. The zero-order valence-electron chi connectivity index (χ0n) is 12.5. The fraction of sp³-hybridized carbons (Fsp3) is 0.250. The van der Waals surface area contributed by atoms with Crippen LogP contribution in [0.1, 0.15) is 28.9 Å². The molecule has 122 valence electrons. The first-order valence-corrected chi connectivity index (χ1v) is 6.81. The molecule has 0 bridgehead atoms. The highest BCUT2D eigenvalue weighted by Crippen LogP contribution is 2.28. The summed E-state index contributed by atoms with van der Waals surface area (Å²) in [7, 11) is 1.52. The fourth-order valence-electron chi connectivity index (χ4n) is 2.07. The first kappa shape index (κ1) is 16.8. The average Bonchev–Trinajstić information content (AvgIpc) is 2.52. The van der Waals surface area contributed by atoms with E-state index in [1.165, 1.54) is 30.1 Å². The lowest BCUT2D eigenvalue weighted by Crippen LogP contribution is -2.30. The van der Waals surface area contributed by atoms with Gasteiger partial charge in [0.25, 0.3) is 5.91 Å². The number of ether oxygens (including phenoxy) is 1. The highest BCUT2D eigenvalue weighted by Gasteiger charge is 2.33. The van der Waals surface area contributed by atoms with E-state index in [-0.39, 0.29) is 11.6 Å². The summed E-state index contributed by atoms with van der Waals surface area (Å²) in [6.45, 7) is 1.77. The number of benzene rings is 1. The lowest BCUT2D eigenvalue weighted by Gasteiger charge is -2.26. The summed E-state index contributed by atoms with van der Waals surface area (Å²) in [5.41, 5.74) is 0.626. The molecule has 1 aromatic heterocycles. The third kappa shape index (κ3) is 4.21. The van der Waals surface area contributed by atoms with Gasteiger partial charge in [0.05, 0.1) is 11.6 Å². The molecule has 0 unspecified atom stereocenters. The molecule has 1 atom stereocenters. The maximum absolute atomic E-state index is 12.5. The Kier molecular flexibility index (Phi) is 4.88. The predicted octanol–water partition coefficient (Wildman–Crippen LogP) is 3.81. The van der Waals surface area contributed by atoms with Crippen molar-refractivity contribution >= 4 is 5.91 Å². The molecule has 4 nitrogen and oxygen atoms in total. The van der Waals surface area contributed by atoms with Crippen LogP contribution in [0.2, 0.25) is 0 Å². The number of halogens is 3. The Morgan fingerprint density at radius 2 is 1.91 bits per heavy atom. The van der Waals surface area contributed by atoms with Crippen LogP contribution in [0.3, 0.4) is 0 Å². The Hall–Kier alpha value is -2.57. The minimum Gasteiger partial charge on any atom is -0.405 e. The number of carbonyl (C=O) groups excluding carboxylic acids is 1. The molecule has 0 aliphatic heterocycles. The van der Waals surface area contributed by atoms with Crippen LogP contribution in [0, 0.1) is 0 Å². The summed E-state index contributed by atoms with van der Waals surface area (Å²) in [5.74, 6) is -1.09. The second-order valence-electron chi connectivity index (χ2n) is 4.92. The molecule has 23 heavy (non-hydrogen) atoms. The van der Waals surface area contributed by atoms with Crippen LogP contribution in [0.15, 0.2) is 48.8 Å². The monoisotopic (exact) mass is 324 g/mol. The van der Waals surface area contributed by atoms with Crippen LogP contribution in [-0.2, 0) is 0 Å². The Balaban J connectivity index is 2.26. The maximum atomic E-state index is 12.5. The van der Waals surface area contributed by atoms with Gasteiger partial charge < -0.3 is 9.64 Å². The molecule has 0 N–H and O–H groups in total. The van der Waals surface area contributed by atoms with E-state index in [0.29, 0.717) is 0 Å². The van der Waals surface area contributed by atoms with E-state index >= 15 is 0 Å². The van der Waals surface area contributed by atoms with Crippen LogP contribution in [0.4, 0.5) is 13.2 Å². The van der Waals surface area contributed by atoms with Gasteiger partial charge in [0.15, 0.2) is 0 Å². The normalized spacial score (nSPS) is 12.6. The molecule has 0 fully saturated rings. The van der Waals surface area contributed by atoms with Crippen LogP contribution >= 0.6 is 0 Å². The fourth-order valence-corrected chi connectivity index (χ4v) is 2.07. The summed E-state index contributed by atoms with van der Waals surface area (Å²) < 4.78 is 41.3. The van der Waals surface area contributed by atoms with Gasteiger partial charge in [-0.2, -0.15) is 0 Å². The number of nitrogens with zero attached hydrogens (tertiary/aromatic N) is 2. The molecule has 1 aromatic carbocycles. The van der Waals surface area contributed by atoms with Crippen molar-refractivity contribution in [3.05, 3.63) is 59.9 Å². The SMILES string of the molecule is C[C@H](c1cccnc1)N(C)C(=O)c1ccccc1OC(F)(F)F. The smallest absolute Gasteiger partial charge is 0.405 e. The number of pyridine rings is 1. The van der Waals surface area contributed by atoms with Crippen molar-refractivity contribution in [2.24, 2.45) is 0 Å². The van der Waals surface area contributed by atoms with Gasteiger partial charge in [-0.3, -0.25) is 9.78 Å². The maximum Gasteiger partial charge on any atom is 0.573 e. The van der Waals surface area contributed by atoms with E-state index in [2.05, 4.69) is 9.72 Å². The van der Waals surface area contributed by atoms with Gasteiger partial charge >= 0.3 is 6.36 Å². The molecule has 0 aliphatic carbocycles. The Morgan fingerprint density at radius 1 is 1.22 bits per heavy atom. The number of hydrogen-bond donors (Lipinski definition) is 0. The predicted molar refractivity (Wildman–Crippen MR) is 77.9 cm³/mol. The lowest BCUT2D eigenvalue weighted by molar-refractivity contribution is -0.274. The van der Waals surface area contributed by atoms with Crippen LogP contribution in [-0.4, -0.2) is 29.2 Å². The summed E-state index contributed by atoms with van der Waals surface area (Å²) in [6.07, 6.45) is -1.65. The molecular weight excluding hydrogens is 309 g/mol. The van der Waals surface area contributed by atoms with Crippen LogP contribution < -0.4 is 4.74 Å². The number of carbonyl (C=O) groups is 1. The molecule has 0 spiro atoms. The number of aromatic nitrogens is 1. The second kappa shape index (κ2) is 6.68. The number of amides is 1. The number of alkyl halides is 3. The minimum absolute atomic E-state index is 0.150. The van der Waals surface area contributed by atoms with Gasteiger partial charge in [0, 0.05) is 19.4 Å². The Bertz CT molecular complexity index is 675. The average molecular weight is 324 g/mol. The summed E-state index contributed by atoms with van der Waals surface area (Å²) in [6, 6.07) is 8.44. The van der Waals surface area contributed by atoms with E-state index in [1.54, 1.807) is 31.5 Å². The van der Waals surface area contributed by atoms with E-state index in [4.69, 9.17) is 0 Å². The molecular formula is C16H15F3N2O2. The number of hydrogen-bond acceptors (Lipinski definition) is 3. The molecule has 2 rings (SSSR count). The van der Waals surface area contributed by atoms with Gasteiger partial charge in [0.2, 0.25) is 0 Å². The summed E-state index contributed by atoms with van der Waals surface area (Å²) >= 11 is 0. The molecule has 0 radical (unpaired) electrons. The molecule has 0 saturated carbocycles. The topological polar surface area (TPSA) is 42.4 Å². The van der Waals surface area contributed by atoms with Gasteiger partial charge in [-0.15, -0.1) is 13.2 Å². The molecule has 1 amide bonds. The van der Waals surface area contributed by atoms with Crippen molar-refractivity contribution < 1.29 is 22.7 Å². The third-order valence-electron chi connectivity index (χ3n) is 3.41. The zero-order chi connectivity index (χ0) is 17.0. The van der Waals surface area contributed by atoms with Crippen molar-refractivity contribution in [1.82, 2.24) is 9.88 Å². The van der Waals surface area contributed by atoms with E-state index in [9.17, 15) is 18.0 Å². The van der Waals surface area contributed by atoms with Crippen LogP contribution in [0.25, 0.3) is 0 Å². The van der Waals surface area contributed by atoms with E-state index in [0.717, 1.165) is 11.6 Å². The Labute approximate surface area is 131 Å². The molecule has 0 aliphatic rings. The Morgan fingerprint density at radius 3 is 2.52 bits per heavy atom. The summed E-state index contributed by atoms with van der Waals surface area (Å²) in [4.78, 5) is 17.8. The highest BCUT2D eigenvalue weighted by atomic mass is 19.4. The van der Waals surface area contributed by atoms with E-state index in [1.807, 2.05) is 0 Å². The first-order valence-electron chi connectivity index (χ1n) is 6.81. The second-order valence-corrected chi connectivity index (χ2v) is 4.92.